The van der Waals surface area contributed by atoms with E-state index in [0.29, 0.717) is 0 Å². The molecule has 0 bridgehead atoms. The van der Waals surface area contributed by atoms with Gasteiger partial charge in [0.15, 0.2) is 0 Å². The lowest BCUT2D eigenvalue weighted by atomic mass is 9.33. The van der Waals surface area contributed by atoms with E-state index < -0.39 is 0 Å². The van der Waals surface area contributed by atoms with Crippen LogP contribution in [0.2, 0.25) is 0 Å². The molecule has 0 amide bonds. The zero-order chi connectivity index (χ0) is 53.4. The quantitative estimate of drug-likeness (QED) is 0.163. The van der Waals surface area contributed by atoms with Crippen molar-refractivity contribution in [3.05, 3.63) is 214 Å². The van der Waals surface area contributed by atoms with Gasteiger partial charge in [0.2, 0.25) is 0 Å². The first-order valence-electron chi connectivity index (χ1n) is 29.1. The maximum Gasteiger partial charge on any atom is 0.252 e. The summed E-state index contributed by atoms with van der Waals surface area (Å²) in [6.45, 7) is 29.3. The van der Waals surface area contributed by atoms with Crippen LogP contribution in [-0.2, 0) is 39.0 Å². The molecule has 4 unspecified atom stereocenters. The largest absolute Gasteiger partial charge is 0.335 e. The number of rotatable bonds is 4. The topological polar surface area (TPSA) is 9.72 Å². The van der Waals surface area contributed by atoms with Gasteiger partial charge < -0.3 is 14.7 Å². The third-order valence-electron chi connectivity index (χ3n) is 20.6. The Morgan fingerprint density at radius 2 is 1.08 bits per heavy atom. The van der Waals surface area contributed by atoms with Crippen LogP contribution in [0, 0.1) is 0 Å². The Balaban J connectivity index is 1.17. The normalized spacial score (nSPS) is 23.6. The van der Waals surface area contributed by atoms with Gasteiger partial charge in [-0.2, -0.15) is 0 Å². The predicted octanol–water partition coefficient (Wildman–Crippen LogP) is 16.9. The highest BCUT2D eigenvalue weighted by Gasteiger charge is 2.65. The molecular formula is C73H76BN3. The minimum absolute atomic E-state index is 0.00524. The monoisotopic (exact) mass is 1010 g/mol. The van der Waals surface area contributed by atoms with Crippen molar-refractivity contribution < 1.29 is 0 Å². The van der Waals surface area contributed by atoms with Crippen LogP contribution in [-0.4, -0.2) is 12.3 Å². The van der Waals surface area contributed by atoms with Gasteiger partial charge in [0.05, 0.1) is 16.8 Å². The number of benzene rings is 8. The Hall–Kier alpha value is -6.78. The standard InChI is InChI=1S/C73H76BN3/c1-67(2,3)50-34-36-60(54(41-50)47-25-15-13-16-26-47)75-62-44-51(68(4,5)6)33-35-58(62)74-59-43-52(69(7,8)9)42-57-66(59)77(71(11)38-23-24-39-73(57,71)49-28-17-14-18-29-49)64-46-53(45-63(75)65(64)74)76-61-32-22-21-31-56(61)70(10)40-37-48-27-19-20-30-55(48)72(70,76)12/h13-22,25-36,41-46H,23-24,37-40H2,1-12H3. The van der Waals surface area contributed by atoms with Gasteiger partial charge in [-0.3, -0.25) is 0 Å². The van der Waals surface area contributed by atoms with Gasteiger partial charge in [0.1, 0.15) is 0 Å². The lowest BCUT2D eigenvalue weighted by molar-refractivity contribution is 0.215. The molecule has 1 saturated carbocycles. The molecule has 8 aromatic carbocycles. The molecule has 1 fully saturated rings. The van der Waals surface area contributed by atoms with Crippen LogP contribution in [0.5, 0.6) is 0 Å². The molecule has 2 aliphatic carbocycles. The van der Waals surface area contributed by atoms with Crippen LogP contribution >= 0.6 is 0 Å². The van der Waals surface area contributed by atoms with Gasteiger partial charge >= 0.3 is 0 Å². The fourth-order valence-corrected chi connectivity index (χ4v) is 16.4. The van der Waals surface area contributed by atoms with Crippen LogP contribution in [0.1, 0.15) is 160 Å². The van der Waals surface area contributed by atoms with Gasteiger partial charge in [0, 0.05) is 50.5 Å². The Bertz CT molecular complexity index is 3740. The zero-order valence-corrected chi connectivity index (χ0v) is 47.8. The molecule has 0 aromatic heterocycles. The van der Waals surface area contributed by atoms with E-state index in [2.05, 4.69) is 268 Å². The van der Waals surface area contributed by atoms with Crippen molar-refractivity contribution in [3.8, 4) is 11.1 Å². The summed E-state index contributed by atoms with van der Waals surface area (Å²) in [7, 11) is 0. The minimum Gasteiger partial charge on any atom is -0.335 e. The number of anilines is 7. The van der Waals surface area contributed by atoms with E-state index in [0.717, 1.165) is 25.7 Å². The number of para-hydroxylation sites is 1. The highest BCUT2D eigenvalue weighted by molar-refractivity contribution is 7.00. The predicted molar refractivity (Wildman–Crippen MR) is 328 cm³/mol. The summed E-state index contributed by atoms with van der Waals surface area (Å²) in [4.78, 5) is 8.55. The lowest BCUT2D eigenvalue weighted by Gasteiger charge is -2.55. The molecule has 386 valence electrons. The number of hydrogen-bond acceptors (Lipinski definition) is 3. The fourth-order valence-electron chi connectivity index (χ4n) is 16.4. The molecule has 3 nitrogen and oxygen atoms in total. The molecule has 4 heterocycles. The van der Waals surface area contributed by atoms with Gasteiger partial charge in [-0.25, -0.2) is 0 Å². The molecule has 0 saturated heterocycles. The van der Waals surface area contributed by atoms with E-state index in [1.165, 1.54) is 125 Å². The molecule has 4 aliphatic heterocycles. The number of aryl methyl sites for hydroxylation is 1. The second-order valence-electron chi connectivity index (χ2n) is 27.8. The van der Waals surface area contributed by atoms with E-state index in [-0.39, 0.29) is 44.9 Å². The van der Waals surface area contributed by atoms with Crippen LogP contribution in [0.4, 0.5) is 39.8 Å². The van der Waals surface area contributed by atoms with Crippen molar-refractivity contribution in [1.29, 1.82) is 0 Å². The second kappa shape index (κ2) is 16.2. The molecule has 4 heteroatoms. The number of hydrogen-bond donors (Lipinski definition) is 0. The van der Waals surface area contributed by atoms with Gasteiger partial charge in [0.25, 0.3) is 6.71 Å². The van der Waals surface area contributed by atoms with Crippen molar-refractivity contribution in [2.45, 2.75) is 160 Å². The summed E-state index contributed by atoms with van der Waals surface area (Å²) < 4.78 is 0. The van der Waals surface area contributed by atoms with Gasteiger partial charge in [-0.15, -0.1) is 0 Å². The SMILES string of the molecule is CC(C)(C)c1ccc(N2c3cc(C(C)(C)C)ccc3B3c4cc(C(C)(C)C)cc5c4N(c4cc(N6c7ccccc7C7(C)CCc8ccccc8C67C)cc2c43)C2(C)CCCCC52c2ccccc2)c(-c2ccccc2)c1. The van der Waals surface area contributed by atoms with Crippen molar-refractivity contribution in [3.63, 3.8) is 0 Å². The van der Waals surface area contributed by atoms with Crippen molar-refractivity contribution in [2.24, 2.45) is 0 Å². The molecule has 77 heavy (non-hydrogen) atoms. The molecule has 0 N–H and O–H groups in total. The number of fused-ring (bicyclic) bond motifs is 12. The average Bonchev–Trinajstić information content (AvgIpc) is 3.72. The lowest BCUT2D eigenvalue weighted by Crippen LogP contribution is -2.65. The molecule has 0 spiro atoms. The first-order chi connectivity index (χ1) is 36.7. The van der Waals surface area contributed by atoms with Crippen LogP contribution in [0.25, 0.3) is 11.1 Å². The second-order valence-corrected chi connectivity index (χ2v) is 27.8. The molecule has 0 radical (unpaired) electrons. The van der Waals surface area contributed by atoms with E-state index >= 15 is 0 Å². The minimum atomic E-state index is -0.376. The van der Waals surface area contributed by atoms with Gasteiger partial charge in [-0.1, -0.05) is 216 Å². The van der Waals surface area contributed by atoms with Gasteiger partial charge in [-0.05, 0) is 159 Å². The van der Waals surface area contributed by atoms with E-state index in [4.69, 9.17) is 0 Å². The molecule has 14 rings (SSSR count). The van der Waals surface area contributed by atoms with E-state index in [1.807, 2.05) is 0 Å². The van der Waals surface area contributed by atoms with Crippen LogP contribution < -0.4 is 31.1 Å². The Morgan fingerprint density at radius 1 is 0.455 bits per heavy atom. The third-order valence-corrected chi connectivity index (χ3v) is 20.6. The smallest absolute Gasteiger partial charge is 0.252 e. The van der Waals surface area contributed by atoms with E-state index in [1.54, 1.807) is 0 Å². The van der Waals surface area contributed by atoms with Crippen molar-refractivity contribution >= 4 is 62.9 Å². The van der Waals surface area contributed by atoms with Crippen molar-refractivity contribution in [1.82, 2.24) is 0 Å². The Labute approximate surface area is 460 Å². The molecule has 8 aromatic rings. The Morgan fingerprint density at radius 3 is 1.81 bits per heavy atom. The van der Waals surface area contributed by atoms with Crippen LogP contribution in [0.15, 0.2) is 170 Å². The van der Waals surface area contributed by atoms with Crippen molar-refractivity contribution in [2.75, 3.05) is 14.7 Å². The first-order valence-corrected chi connectivity index (χ1v) is 29.1. The Kier molecular flexibility index (Phi) is 10.2. The maximum atomic E-state index is 2.97. The summed E-state index contributed by atoms with van der Waals surface area (Å²) in [6.07, 6.45) is 6.76. The fraction of sp³-hybridized carbons (Fsp3) is 0.342. The highest BCUT2D eigenvalue weighted by Crippen LogP contribution is 2.67. The number of nitrogens with zero attached hydrogens (tertiary/aromatic N) is 3. The molecule has 6 aliphatic rings. The summed E-state index contributed by atoms with van der Waals surface area (Å²) in [5.74, 6) is 0. The first kappa shape index (κ1) is 48.6. The third kappa shape index (κ3) is 6.45. The summed E-state index contributed by atoms with van der Waals surface area (Å²) in [5.41, 5.74) is 26.2. The summed E-state index contributed by atoms with van der Waals surface area (Å²) in [6, 6.07) is 67.6. The summed E-state index contributed by atoms with van der Waals surface area (Å²) in [5, 5.41) is 0. The molecule has 4 atom stereocenters. The van der Waals surface area contributed by atoms with Crippen LogP contribution in [0.3, 0.4) is 0 Å². The highest BCUT2D eigenvalue weighted by atomic mass is 15.3. The molecular weight excluding hydrogens is 930 g/mol. The maximum absolute atomic E-state index is 2.97. The zero-order valence-electron chi connectivity index (χ0n) is 47.8. The van der Waals surface area contributed by atoms with E-state index in [9.17, 15) is 0 Å². The average molecular weight is 1010 g/mol. The summed E-state index contributed by atoms with van der Waals surface area (Å²) >= 11 is 0.